The SMILES string of the molecule is CNCC(C)NCc1cccc(Cl)c1F. The minimum absolute atomic E-state index is 0.176. The summed E-state index contributed by atoms with van der Waals surface area (Å²) in [5, 5.41) is 6.43. The maximum absolute atomic E-state index is 13.5. The standard InChI is InChI=1S/C11H16ClFN2/c1-8(6-14-2)15-7-9-4-3-5-10(12)11(9)13/h3-5,8,14-15H,6-7H2,1-2H3. The Hall–Kier alpha value is -0.640. The topological polar surface area (TPSA) is 24.1 Å². The average Bonchev–Trinajstić information content (AvgIpc) is 2.21. The molecule has 0 radical (unpaired) electrons. The quantitative estimate of drug-likeness (QED) is 0.810. The molecule has 84 valence electrons. The van der Waals surface area contributed by atoms with Gasteiger partial charge in [0.25, 0.3) is 0 Å². The average molecular weight is 231 g/mol. The number of hydrogen-bond acceptors (Lipinski definition) is 2. The fourth-order valence-electron chi connectivity index (χ4n) is 1.35. The van der Waals surface area contributed by atoms with Crippen LogP contribution in [0, 0.1) is 5.82 Å². The highest BCUT2D eigenvalue weighted by atomic mass is 35.5. The third-order valence-corrected chi connectivity index (χ3v) is 2.47. The van der Waals surface area contributed by atoms with Crippen LogP contribution in [0.5, 0.6) is 0 Å². The fourth-order valence-corrected chi connectivity index (χ4v) is 1.54. The van der Waals surface area contributed by atoms with Gasteiger partial charge in [0.05, 0.1) is 5.02 Å². The van der Waals surface area contributed by atoms with Gasteiger partial charge in [0.2, 0.25) is 0 Å². The Morgan fingerprint density at radius 2 is 2.20 bits per heavy atom. The maximum atomic E-state index is 13.5. The van der Waals surface area contributed by atoms with Crippen molar-refractivity contribution in [2.75, 3.05) is 13.6 Å². The van der Waals surface area contributed by atoms with Crippen LogP contribution in [0.1, 0.15) is 12.5 Å². The largest absolute Gasteiger partial charge is 0.318 e. The second kappa shape index (κ2) is 6.05. The van der Waals surface area contributed by atoms with Crippen molar-refractivity contribution < 1.29 is 4.39 Å². The molecule has 1 rings (SSSR count). The molecule has 15 heavy (non-hydrogen) atoms. The predicted octanol–water partition coefficient (Wildman–Crippen LogP) is 2.18. The van der Waals surface area contributed by atoms with Gasteiger partial charge in [-0.15, -0.1) is 0 Å². The smallest absolute Gasteiger partial charge is 0.146 e. The first kappa shape index (κ1) is 12.4. The van der Waals surface area contributed by atoms with E-state index in [9.17, 15) is 4.39 Å². The van der Waals surface area contributed by atoms with Gasteiger partial charge in [-0.2, -0.15) is 0 Å². The van der Waals surface area contributed by atoms with Crippen LogP contribution in [0.4, 0.5) is 4.39 Å². The predicted molar refractivity (Wildman–Crippen MR) is 61.6 cm³/mol. The number of likely N-dealkylation sites (N-methyl/N-ethyl adjacent to an activating group) is 1. The van der Waals surface area contributed by atoms with Crippen molar-refractivity contribution in [2.45, 2.75) is 19.5 Å². The molecule has 0 heterocycles. The van der Waals surface area contributed by atoms with Gasteiger partial charge in [-0.1, -0.05) is 23.7 Å². The summed E-state index contributed by atoms with van der Waals surface area (Å²) >= 11 is 5.68. The molecule has 1 aromatic rings. The lowest BCUT2D eigenvalue weighted by Crippen LogP contribution is -2.34. The lowest BCUT2D eigenvalue weighted by atomic mass is 10.2. The van der Waals surface area contributed by atoms with E-state index in [0.717, 1.165) is 6.54 Å². The third kappa shape index (κ3) is 3.78. The summed E-state index contributed by atoms with van der Waals surface area (Å²) in [5.41, 5.74) is 0.602. The minimum atomic E-state index is -0.330. The molecule has 0 aliphatic rings. The summed E-state index contributed by atoms with van der Waals surface area (Å²) in [7, 11) is 1.89. The first-order valence-electron chi connectivity index (χ1n) is 4.96. The number of hydrogen-bond donors (Lipinski definition) is 2. The molecule has 0 spiro atoms. The summed E-state index contributed by atoms with van der Waals surface area (Å²) in [5.74, 6) is -0.330. The van der Waals surface area contributed by atoms with E-state index in [0.29, 0.717) is 18.2 Å². The van der Waals surface area contributed by atoms with Gasteiger partial charge in [-0.05, 0) is 20.0 Å². The van der Waals surface area contributed by atoms with Crippen LogP contribution in [0.15, 0.2) is 18.2 Å². The van der Waals surface area contributed by atoms with Crippen LogP contribution < -0.4 is 10.6 Å². The van der Waals surface area contributed by atoms with E-state index in [1.807, 2.05) is 14.0 Å². The van der Waals surface area contributed by atoms with E-state index < -0.39 is 0 Å². The Kier molecular flexibility index (Phi) is 5.02. The van der Waals surface area contributed by atoms with E-state index in [1.54, 1.807) is 18.2 Å². The molecule has 0 saturated carbocycles. The molecule has 4 heteroatoms. The molecule has 0 saturated heterocycles. The Balaban J connectivity index is 2.54. The maximum Gasteiger partial charge on any atom is 0.146 e. The molecule has 1 atom stereocenters. The molecule has 1 aromatic carbocycles. The lowest BCUT2D eigenvalue weighted by molar-refractivity contribution is 0.509. The van der Waals surface area contributed by atoms with Gasteiger partial charge in [0.15, 0.2) is 0 Å². The van der Waals surface area contributed by atoms with E-state index in [-0.39, 0.29) is 10.8 Å². The molecule has 0 aliphatic heterocycles. The van der Waals surface area contributed by atoms with Crippen molar-refractivity contribution in [3.05, 3.63) is 34.6 Å². The molecule has 2 nitrogen and oxygen atoms in total. The van der Waals surface area contributed by atoms with E-state index in [1.165, 1.54) is 0 Å². The number of benzene rings is 1. The van der Waals surface area contributed by atoms with E-state index in [2.05, 4.69) is 10.6 Å². The van der Waals surface area contributed by atoms with Crippen LogP contribution in [-0.2, 0) is 6.54 Å². The Morgan fingerprint density at radius 3 is 2.87 bits per heavy atom. The summed E-state index contributed by atoms with van der Waals surface area (Å²) in [4.78, 5) is 0. The summed E-state index contributed by atoms with van der Waals surface area (Å²) in [6.07, 6.45) is 0. The second-order valence-corrected chi connectivity index (χ2v) is 3.96. The molecular formula is C11H16ClFN2. The molecule has 0 aromatic heterocycles. The van der Waals surface area contributed by atoms with Crippen LogP contribution in [0.3, 0.4) is 0 Å². The Labute approximate surface area is 94.8 Å². The highest BCUT2D eigenvalue weighted by Gasteiger charge is 2.06. The monoisotopic (exact) mass is 230 g/mol. The molecule has 0 aliphatic carbocycles. The van der Waals surface area contributed by atoms with Crippen molar-refractivity contribution in [3.63, 3.8) is 0 Å². The third-order valence-electron chi connectivity index (χ3n) is 2.18. The molecular weight excluding hydrogens is 215 g/mol. The number of nitrogens with one attached hydrogen (secondary N) is 2. The van der Waals surface area contributed by atoms with Gasteiger partial charge in [-0.25, -0.2) is 4.39 Å². The summed E-state index contributed by atoms with van der Waals surface area (Å²) < 4.78 is 13.5. The zero-order chi connectivity index (χ0) is 11.3. The van der Waals surface area contributed by atoms with Crippen LogP contribution in [-0.4, -0.2) is 19.6 Å². The first-order chi connectivity index (χ1) is 7.15. The van der Waals surface area contributed by atoms with Crippen molar-refractivity contribution >= 4 is 11.6 Å². The zero-order valence-electron chi connectivity index (χ0n) is 8.98. The van der Waals surface area contributed by atoms with Gasteiger partial charge in [0, 0.05) is 24.7 Å². The van der Waals surface area contributed by atoms with Crippen molar-refractivity contribution in [1.82, 2.24) is 10.6 Å². The van der Waals surface area contributed by atoms with Crippen LogP contribution in [0.2, 0.25) is 5.02 Å². The highest BCUT2D eigenvalue weighted by Crippen LogP contribution is 2.17. The van der Waals surface area contributed by atoms with Gasteiger partial charge in [-0.3, -0.25) is 0 Å². The summed E-state index contributed by atoms with van der Waals surface area (Å²) in [6, 6.07) is 5.34. The molecule has 0 fully saturated rings. The van der Waals surface area contributed by atoms with Gasteiger partial charge in [0.1, 0.15) is 5.82 Å². The van der Waals surface area contributed by atoms with Crippen molar-refractivity contribution in [1.29, 1.82) is 0 Å². The summed E-state index contributed by atoms with van der Waals surface area (Å²) in [6.45, 7) is 3.39. The van der Waals surface area contributed by atoms with Gasteiger partial charge < -0.3 is 10.6 Å². The molecule has 1 unspecified atom stereocenters. The Bertz CT molecular complexity index is 317. The normalized spacial score (nSPS) is 12.8. The fraction of sp³-hybridized carbons (Fsp3) is 0.455. The molecule has 2 N–H and O–H groups in total. The second-order valence-electron chi connectivity index (χ2n) is 3.55. The van der Waals surface area contributed by atoms with Crippen molar-refractivity contribution in [2.24, 2.45) is 0 Å². The van der Waals surface area contributed by atoms with Gasteiger partial charge >= 0.3 is 0 Å². The minimum Gasteiger partial charge on any atom is -0.318 e. The number of rotatable bonds is 5. The Morgan fingerprint density at radius 1 is 1.47 bits per heavy atom. The first-order valence-corrected chi connectivity index (χ1v) is 5.33. The van der Waals surface area contributed by atoms with Crippen molar-refractivity contribution in [3.8, 4) is 0 Å². The van der Waals surface area contributed by atoms with Crippen LogP contribution in [0.25, 0.3) is 0 Å². The molecule has 0 amide bonds. The van der Waals surface area contributed by atoms with E-state index in [4.69, 9.17) is 11.6 Å². The zero-order valence-corrected chi connectivity index (χ0v) is 9.74. The molecule has 0 bridgehead atoms. The highest BCUT2D eigenvalue weighted by molar-refractivity contribution is 6.30. The van der Waals surface area contributed by atoms with Crippen LogP contribution >= 0.6 is 11.6 Å². The van der Waals surface area contributed by atoms with E-state index >= 15 is 0 Å². The number of halogens is 2. The lowest BCUT2D eigenvalue weighted by Gasteiger charge is -2.13.